The average Bonchev–Trinajstić information content (AvgIpc) is 3.11. The maximum absolute atomic E-state index is 13.0. The van der Waals surface area contributed by atoms with Crippen LogP contribution in [0.25, 0.3) is 11.0 Å². The largest absolute Gasteiger partial charge is 0.338 e. The highest BCUT2D eigenvalue weighted by molar-refractivity contribution is 5.99. The summed E-state index contributed by atoms with van der Waals surface area (Å²) < 4.78 is 0. The van der Waals surface area contributed by atoms with Crippen molar-refractivity contribution in [2.24, 2.45) is 0 Å². The number of fused-ring (bicyclic) bond motifs is 1. The maximum Gasteiger partial charge on any atom is 0.254 e. The van der Waals surface area contributed by atoms with E-state index >= 15 is 0 Å². The van der Waals surface area contributed by atoms with Crippen LogP contribution in [0.2, 0.25) is 0 Å². The van der Waals surface area contributed by atoms with Crippen molar-refractivity contribution in [1.29, 1.82) is 0 Å². The van der Waals surface area contributed by atoms with Crippen molar-refractivity contribution in [2.45, 2.75) is 19.3 Å². The summed E-state index contributed by atoms with van der Waals surface area (Å²) in [6.45, 7) is 3.54. The molecule has 0 saturated carbocycles. The van der Waals surface area contributed by atoms with Gasteiger partial charge in [-0.3, -0.25) is 14.8 Å². The first kappa shape index (κ1) is 14.8. The van der Waals surface area contributed by atoms with Gasteiger partial charge in [-0.05, 0) is 36.6 Å². The number of carbonyl (C=O) groups excluding carboxylic acids is 1. The molecule has 0 bridgehead atoms. The van der Waals surface area contributed by atoms with Crippen molar-refractivity contribution in [3.63, 3.8) is 0 Å². The van der Waals surface area contributed by atoms with E-state index in [9.17, 15) is 4.79 Å². The van der Waals surface area contributed by atoms with Crippen LogP contribution >= 0.6 is 0 Å². The summed E-state index contributed by atoms with van der Waals surface area (Å²) in [5.74, 6) is 0.522. The summed E-state index contributed by atoms with van der Waals surface area (Å²) in [6.07, 6.45) is 4.35. The van der Waals surface area contributed by atoms with E-state index in [1.807, 2.05) is 30.0 Å². The number of likely N-dealkylation sites (tertiary alicyclic amines) is 1. The van der Waals surface area contributed by atoms with E-state index < -0.39 is 0 Å². The zero-order valence-electron chi connectivity index (χ0n) is 13.6. The first-order valence-corrected chi connectivity index (χ1v) is 8.28. The third-order valence-electron chi connectivity index (χ3n) is 4.79. The van der Waals surface area contributed by atoms with E-state index in [1.165, 1.54) is 5.56 Å². The summed E-state index contributed by atoms with van der Waals surface area (Å²) in [5, 5.41) is 0. The Kier molecular flexibility index (Phi) is 3.73. The van der Waals surface area contributed by atoms with Crippen LogP contribution in [-0.4, -0.2) is 33.9 Å². The number of aryl methyl sites for hydroxylation is 1. The number of benzene rings is 2. The minimum absolute atomic E-state index is 0.0958. The van der Waals surface area contributed by atoms with Crippen molar-refractivity contribution < 1.29 is 4.79 Å². The molecular weight excluding hydrogens is 298 g/mol. The first-order valence-electron chi connectivity index (χ1n) is 8.28. The Morgan fingerprint density at radius 3 is 2.54 bits per heavy atom. The predicted octanol–water partition coefficient (Wildman–Crippen LogP) is 3.57. The first-order chi connectivity index (χ1) is 11.7. The number of hydrogen-bond donors (Lipinski definition) is 0. The zero-order chi connectivity index (χ0) is 16.5. The van der Waals surface area contributed by atoms with Gasteiger partial charge in [-0.25, -0.2) is 0 Å². The Morgan fingerprint density at radius 2 is 1.79 bits per heavy atom. The Balaban J connectivity index is 1.59. The van der Waals surface area contributed by atoms with E-state index in [4.69, 9.17) is 0 Å². The van der Waals surface area contributed by atoms with Gasteiger partial charge in [0.15, 0.2) is 0 Å². The number of amides is 1. The van der Waals surface area contributed by atoms with E-state index in [1.54, 1.807) is 12.4 Å². The predicted molar refractivity (Wildman–Crippen MR) is 94.0 cm³/mol. The van der Waals surface area contributed by atoms with Gasteiger partial charge in [-0.2, -0.15) is 0 Å². The van der Waals surface area contributed by atoms with Crippen LogP contribution in [0.1, 0.15) is 33.8 Å². The van der Waals surface area contributed by atoms with Crippen LogP contribution in [-0.2, 0) is 0 Å². The lowest BCUT2D eigenvalue weighted by Gasteiger charge is -2.18. The summed E-state index contributed by atoms with van der Waals surface area (Å²) in [7, 11) is 0. The molecule has 4 rings (SSSR count). The summed E-state index contributed by atoms with van der Waals surface area (Å²) >= 11 is 0. The van der Waals surface area contributed by atoms with Gasteiger partial charge in [0.25, 0.3) is 5.91 Å². The van der Waals surface area contributed by atoms with Gasteiger partial charge in [-0.15, -0.1) is 0 Å². The molecule has 0 spiro atoms. The molecule has 24 heavy (non-hydrogen) atoms. The van der Waals surface area contributed by atoms with Crippen LogP contribution in [0.4, 0.5) is 0 Å². The molecule has 1 aliphatic rings. The minimum atomic E-state index is 0.0958. The quantitative estimate of drug-likeness (QED) is 0.726. The highest BCUT2D eigenvalue weighted by Gasteiger charge is 2.28. The highest BCUT2D eigenvalue weighted by Crippen LogP contribution is 2.29. The van der Waals surface area contributed by atoms with Crippen molar-refractivity contribution in [1.82, 2.24) is 14.9 Å². The van der Waals surface area contributed by atoms with Crippen molar-refractivity contribution in [2.75, 3.05) is 13.1 Å². The van der Waals surface area contributed by atoms with Crippen molar-refractivity contribution in [3.05, 3.63) is 71.5 Å². The van der Waals surface area contributed by atoms with Gasteiger partial charge >= 0.3 is 0 Å². The Bertz CT molecular complexity index is 892. The lowest BCUT2D eigenvalue weighted by atomic mass is 9.99. The molecule has 4 nitrogen and oxygen atoms in total. The van der Waals surface area contributed by atoms with Crippen LogP contribution in [0.3, 0.4) is 0 Å². The molecule has 1 atom stereocenters. The van der Waals surface area contributed by atoms with Gasteiger partial charge < -0.3 is 4.90 Å². The monoisotopic (exact) mass is 317 g/mol. The maximum atomic E-state index is 13.0. The summed E-state index contributed by atoms with van der Waals surface area (Å²) in [5.41, 5.74) is 4.60. The molecule has 2 aromatic carbocycles. The van der Waals surface area contributed by atoms with E-state index in [0.29, 0.717) is 5.92 Å². The van der Waals surface area contributed by atoms with Gasteiger partial charge in [0, 0.05) is 37.0 Å². The SMILES string of the molecule is Cc1cc2nccnc2cc1C(=O)N1CCC(c2ccccc2)C1. The molecule has 120 valence electrons. The van der Waals surface area contributed by atoms with Crippen LogP contribution < -0.4 is 0 Å². The molecule has 1 aromatic heterocycles. The van der Waals surface area contributed by atoms with Crippen molar-refractivity contribution in [3.8, 4) is 0 Å². The molecule has 4 heteroatoms. The fourth-order valence-electron chi connectivity index (χ4n) is 3.46. The lowest BCUT2D eigenvalue weighted by molar-refractivity contribution is 0.0790. The van der Waals surface area contributed by atoms with E-state index in [2.05, 4.69) is 34.2 Å². The van der Waals surface area contributed by atoms with Crippen LogP contribution in [0.5, 0.6) is 0 Å². The second kappa shape index (κ2) is 6.04. The highest BCUT2D eigenvalue weighted by atomic mass is 16.2. The third kappa shape index (κ3) is 2.64. The summed E-state index contributed by atoms with van der Waals surface area (Å²) in [6, 6.07) is 14.3. The van der Waals surface area contributed by atoms with Crippen LogP contribution in [0.15, 0.2) is 54.9 Å². The molecule has 0 radical (unpaired) electrons. The Hall–Kier alpha value is -2.75. The minimum Gasteiger partial charge on any atom is -0.338 e. The van der Waals surface area contributed by atoms with Gasteiger partial charge in [0.05, 0.1) is 11.0 Å². The topological polar surface area (TPSA) is 46.1 Å². The molecule has 1 amide bonds. The zero-order valence-corrected chi connectivity index (χ0v) is 13.6. The van der Waals surface area contributed by atoms with Crippen molar-refractivity contribution >= 4 is 16.9 Å². The molecule has 0 N–H and O–H groups in total. The van der Waals surface area contributed by atoms with Gasteiger partial charge in [-0.1, -0.05) is 30.3 Å². The normalized spacial score (nSPS) is 17.4. The average molecular weight is 317 g/mol. The molecular formula is C20H19N3O. The van der Waals surface area contributed by atoms with E-state index in [0.717, 1.165) is 41.7 Å². The lowest BCUT2D eigenvalue weighted by Crippen LogP contribution is -2.29. The molecule has 1 saturated heterocycles. The van der Waals surface area contributed by atoms with Gasteiger partial charge in [0.1, 0.15) is 0 Å². The smallest absolute Gasteiger partial charge is 0.254 e. The second-order valence-electron chi connectivity index (χ2n) is 6.36. The molecule has 1 aliphatic heterocycles. The third-order valence-corrected chi connectivity index (χ3v) is 4.79. The Morgan fingerprint density at radius 1 is 1.08 bits per heavy atom. The number of carbonyl (C=O) groups is 1. The second-order valence-corrected chi connectivity index (χ2v) is 6.36. The molecule has 1 fully saturated rings. The number of hydrogen-bond acceptors (Lipinski definition) is 3. The van der Waals surface area contributed by atoms with Crippen LogP contribution in [0, 0.1) is 6.92 Å². The standard InChI is InChI=1S/C20H19N3O/c1-14-11-18-19(22-9-8-21-18)12-17(14)20(24)23-10-7-16(13-23)15-5-3-2-4-6-15/h2-6,8-9,11-12,16H,7,10,13H2,1H3. The summed E-state index contributed by atoms with van der Waals surface area (Å²) in [4.78, 5) is 23.6. The molecule has 3 aromatic rings. The molecule has 1 unspecified atom stereocenters. The fourth-order valence-corrected chi connectivity index (χ4v) is 3.46. The number of rotatable bonds is 2. The number of nitrogens with zero attached hydrogens (tertiary/aromatic N) is 3. The molecule has 2 heterocycles. The fraction of sp³-hybridized carbons (Fsp3) is 0.250. The van der Waals surface area contributed by atoms with Gasteiger partial charge in [0.2, 0.25) is 0 Å². The number of aromatic nitrogens is 2. The Labute approximate surface area is 141 Å². The molecule has 0 aliphatic carbocycles. The van der Waals surface area contributed by atoms with E-state index in [-0.39, 0.29) is 5.91 Å².